The number of carbonyl (C=O) groups is 1. The van der Waals surface area contributed by atoms with Crippen molar-refractivity contribution in [3.05, 3.63) is 29.3 Å². The van der Waals surface area contributed by atoms with Crippen LogP contribution in [-0.2, 0) is 0 Å². The third-order valence-electron chi connectivity index (χ3n) is 4.18. The summed E-state index contributed by atoms with van der Waals surface area (Å²) >= 11 is 0. The largest absolute Gasteiger partial charge is 0.478 e. The van der Waals surface area contributed by atoms with Crippen molar-refractivity contribution in [3.63, 3.8) is 0 Å². The van der Waals surface area contributed by atoms with E-state index in [9.17, 15) is 4.79 Å². The minimum atomic E-state index is -0.851. The van der Waals surface area contributed by atoms with E-state index in [1.165, 1.54) is 32.1 Å². The van der Waals surface area contributed by atoms with Gasteiger partial charge in [0.15, 0.2) is 0 Å². The molecule has 0 aliphatic heterocycles. The number of carboxylic acid groups (broad SMARTS) is 1. The molecule has 104 valence electrons. The fourth-order valence-electron chi connectivity index (χ4n) is 2.88. The van der Waals surface area contributed by atoms with Gasteiger partial charge in [-0.15, -0.1) is 0 Å². The highest BCUT2D eigenvalue weighted by molar-refractivity contribution is 5.91. The van der Waals surface area contributed by atoms with Crippen LogP contribution >= 0.6 is 0 Å². The summed E-state index contributed by atoms with van der Waals surface area (Å²) in [6.45, 7) is 4.20. The highest BCUT2D eigenvalue weighted by Gasteiger charge is 2.17. The third kappa shape index (κ3) is 3.49. The molecule has 0 spiro atoms. The van der Waals surface area contributed by atoms with E-state index in [0.29, 0.717) is 11.6 Å². The standard InChI is InChI=1S/C16H23NO2/c1-11-5-3-6-13(10-9-11)17-15-8-4-7-14(12(15)2)16(18)19/h4,7-8,11,13,17H,3,5-6,9-10H2,1-2H3,(H,18,19). The maximum atomic E-state index is 11.1. The zero-order chi connectivity index (χ0) is 13.8. The molecule has 1 aromatic rings. The molecule has 2 atom stereocenters. The summed E-state index contributed by atoms with van der Waals surface area (Å²) in [4.78, 5) is 11.1. The minimum Gasteiger partial charge on any atom is -0.478 e. The summed E-state index contributed by atoms with van der Waals surface area (Å²) in [7, 11) is 0. The summed E-state index contributed by atoms with van der Waals surface area (Å²) in [5.41, 5.74) is 2.21. The zero-order valence-electron chi connectivity index (χ0n) is 11.8. The second-order valence-electron chi connectivity index (χ2n) is 5.74. The Hall–Kier alpha value is -1.51. The SMILES string of the molecule is Cc1c(NC2CCCC(C)CC2)cccc1C(=O)O. The summed E-state index contributed by atoms with van der Waals surface area (Å²) in [5.74, 6) is -0.0334. The normalized spacial score (nSPS) is 23.7. The van der Waals surface area contributed by atoms with Crippen LogP contribution in [0.2, 0.25) is 0 Å². The van der Waals surface area contributed by atoms with Gasteiger partial charge in [-0.2, -0.15) is 0 Å². The summed E-state index contributed by atoms with van der Waals surface area (Å²) in [6.07, 6.45) is 6.19. The Kier molecular flexibility index (Phi) is 4.46. The van der Waals surface area contributed by atoms with E-state index in [1.807, 2.05) is 19.1 Å². The van der Waals surface area contributed by atoms with Crippen molar-refractivity contribution in [1.82, 2.24) is 0 Å². The van der Waals surface area contributed by atoms with Gasteiger partial charge in [0.05, 0.1) is 5.56 Å². The molecule has 0 aromatic heterocycles. The Morgan fingerprint density at radius 2 is 2.05 bits per heavy atom. The Morgan fingerprint density at radius 3 is 2.79 bits per heavy atom. The predicted octanol–water partition coefficient (Wildman–Crippen LogP) is 4.07. The van der Waals surface area contributed by atoms with E-state index in [2.05, 4.69) is 12.2 Å². The highest BCUT2D eigenvalue weighted by Crippen LogP contribution is 2.27. The molecule has 3 nitrogen and oxygen atoms in total. The molecule has 0 bridgehead atoms. The maximum absolute atomic E-state index is 11.1. The van der Waals surface area contributed by atoms with Crippen molar-refractivity contribution >= 4 is 11.7 Å². The van der Waals surface area contributed by atoms with Crippen LogP contribution in [0.5, 0.6) is 0 Å². The Labute approximate surface area is 115 Å². The fourth-order valence-corrected chi connectivity index (χ4v) is 2.88. The van der Waals surface area contributed by atoms with Crippen molar-refractivity contribution < 1.29 is 9.90 Å². The topological polar surface area (TPSA) is 49.3 Å². The van der Waals surface area contributed by atoms with Gasteiger partial charge in [-0.05, 0) is 49.8 Å². The molecular weight excluding hydrogens is 238 g/mol. The molecule has 1 fully saturated rings. The first-order chi connectivity index (χ1) is 9.08. The summed E-state index contributed by atoms with van der Waals surface area (Å²) in [6, 6.07) is 5.94. The molecule has 1 aliphatic carbocycles. The van der Waals surface area contributed by atoms with Crippen LogP contribution in [0.15, 0.2) is 18.2 Å². The number of hydrogen-bond acceptors (Lipinski definition) is 2. The molecule has 2 rings (SSSR count). The monoisotopic (exact) mass is 261 g/mol. The Bertz CT molecular complexity index is 456. The van der Waals surface area contributed by atoms with Crippen LogP contribution in [0.3, 0.4) is 0 Å². The van der Waals surface area contributed by atoms with Gasteiger partial charge < -0.3 is 10.4 Å². The Balaban J connectivity index is 2.10. The van der Waals surface area contributed by atoms with Gasteiger partial charge in [0, 0.05) is 11.7 Å². The van der Waals surface area contributed by atoms with Crippen molar-refractivity contribution in [2.75, 3.05) is 5.32 Å². The fraction of sp³-hybridized carbons (Fsp3) is 0.562. The molecule has 0 saturated heterocycles. The lowest BCUT2D eigenvalue weighted by Gasteiger charge is -2.20. The molecular formula is C16H23NO2. The van der Waals surface area contributed by atoms with Crippen LogP contribution < -0.4 is 5.32 Å². The molecule has 1 aromatic carbocycles. The van der Waals surface area contributed by atoms with Crippen LogP contribution in [0.4, 0.5) is 5.69 Å². The summed E-state index contributed by atoms with van der Waals surface area (Å²) < 4.78 is 0. The first-order valence-electron chi connectivity index (χ1n) is 7.17. The van der Waals surface area contributed by atoms with E-state index in [1.54, 1.807) is 6.07 Å². The molecule has 19 heavy (non-hydrogen) atoms. The lowest BCUT2D eigenvalue weighted by atomic mass is 10.0. The molecule has 0 amide bonds. The molecule has 1 saturated carbocycles. The number of carboxylic acids is 1. The third-order valence-corrected chi connectivity index (χ3v) is 4.18. The van der Waals surface area contributed by atoms with Gasteiger partial charge in [-0.1, -0.05) is 25.8 Å². The first kappa shape index (κ1) is 13.9. The lowest BCUT2D eigenvalue weighted by Crippen LogP contribution is -2.19. The van der Waals surface area contributed by atoms with Gasteiger partial charge in [0.2, 0.25) is 0 Å². The highest BCUT2D eigenvalue weighted by atomic mass is 16.4. The van der Waals surface area contributed by atoms with Gasteiger partial charge in [-0.25, -0.2) is 4.79 Å². The molecule has 1 aliphatic rings. The average molecular weight is 261 g/mol. The molecule has 0 radical (unpaired) electrons. The number of nitrogens with one attached hydrogen (secondary N) is 1. The number of anilines is 1. The number of rotatable bonds is 3. The number of aromatic carboxylic acids is 1. The second kappa shape index (κ2) is 6.09. The van der Waals surface area contributed by atoms with Crippen LogP contribution in [0, 0.1) is 12.8 Å². The van der Waals surface area contributed by atoms with E-state index in [-0.39, 0.29) is 0 Å². The molecule has 3 heteroatoms. The van der Waals surface area contributed by atoms with Crippen LogP contribution in [0.1, 0.15) is 54.9 Å². The first-order valence-corrected chi connectivity index (χ1v) is 7.17. The van der Waals surface area contributed by atoms with Crippen molar-refractivity contribution in [3.8, 4) is 0 Å². The number of benzene rings is 1. The average Bonchev–Trinajstić information content (AvgIpc) is 2.57. The van der Waals surface area contributed by atoms with Crippen molar-refractivity contribution in [2.45, 2.75) is 52.0 Å². The molecule has 0 heterocycles. The van der Waals surface area contributed by atoms with Gasteiger partial charge >= 0.3 is 5.97 Å². The van der Waals surface area contributed by atoms with E-state index in [0.717, 1.165) is 17.2 Å². The Morgan fingerprint density at radius 1 is 1.26 bits per heavy atom. The smallest absolute Gasteiger partial charge is 0.336 e. The second-order valence-corrected chi connectivity index (χ2v) is 5.74. The van der Waals surface area contributed by atoms with Gasteiger partial charge in [-0.3, -0.25) is 0 Å². The zero-order valence-corrected chi connectivity index (χ0v) is 11.8. The molecule has 2 N–H and O–H groups in total. The number of hydrogen-bond donors (Lipinski definition) is 2. The van der Waals surface area contributed by atoms with Crippen molar-refractivity contribution in [2.24, 2.45) is 5.92 Å². The maximum Gasteiger partial charge on any atom is 0.336 e. The van der Waals surface area contributed by atoms with Crippen molar-refractivity contribution in [1.29, 1.82) is 0 Å². The minimum absolute atomic E-state index is 0.395. The van der Waals surface area contributed by atoms with E-state index < -0.39 is 5.97 Å². The quantitative estimate of drug-likeness (QED) is 0.806. The van der Waals surface area contributed by atoms with Gasteiger partial charge in [0.25, 0.3) is 0 Å². The summed E-state index contributed by atoms with van der Waals surface area (Å²) in [5, 5.41) is 12.7. The van der Waals surface area contributed by atoms with Crippen LogP contribution in [0.25, 0.3) is 0 Å². The van der Waals surface area contributed by atoms with E-state index >= 15 is 0 Å². The predicted molar refractivity (Wildman–Crippen MR) is 77.8 cm³/mol. The van der Waals surface area contributed by atoms with E-state index in [4.69, 9.17) is 5.11 Å². The molecule has 2 unspecified atom stereocenters. The lowest BCUT2D eigenvalue weighted by molar-refractivity contribution is 0.0696. The van der Waals surface area contributed by atoms with Crippen LogP contribution in [-0.4, -0.2) is 17.1 Å². The van der Waals surface area contributed by atoms with Gasteiger partial charge in [0.1, 0.15) is 0 Å².